The van der Waals surface area contributed by atoms with Gasteiger partial charge in [0.05, 0.1) is 44.2 Å². The highest BCUT2D eigenvalue weighted by Crippen LogP contribution is 2.47. The molecular weight excluding hydrogens is 558 g/mol. The van der Waals surface area contributed by atoms with Gasteiger partial charge in [-0.3, -0.25) is 9.80 Å². The van der Waals surface area contributed by atoms with E-state index in [0.717, 1.165) is 18.1 Å². The summed E-state index contributed by atoms with van der Waals surface area (Å²) in [5.41, 5.74) is -4.15. The number of rotatable bonds is 6. The summed E-state index contributed by atoms with van der Waals surface area (Å²) in [5, 5.41) is 19.6. The molecule has 0 fully saturated rings. The summed E-state index contributed by atoms with van der Waals surface area (Å²) < 4.78 is 95.7. The molecule has 0 aromatic heterocycles. The van der Waals surface area contributed by atoms with Crippen molar-refractivity contribution in [1.82, 2.24) is 4.90 Å². The van der Waals surface area contributed by atoms with Crippen LogP contribution in [0.3, 0.4) is 0 Å². The Morgan fingerprint density at radius 3 is 1.85 bits per heavy atom. The van der Waals surface area contributed by atoms with E-state index < -0.39 is 72.2 Å². The van der Waals surface area contributed by atoms with Gasteiger partial charge in [0.25, 0.3) is 0 Å². The fourth-order valence-corrected chi connectivity index (χ4v) is 4.44. The number of fused-ring (bicyclic) bond motifs is 1. The monoisotopic (exact) mass is 580 g/mol. The van der Waals surface area contributed by atoms with Crippen molar-refractivity contribution < 1.29 is 65.1 Å². The molecule has 0 unspecified atom stereocenters. The van der Waals surface area contributed by atoms with E-state index >= 15 is 0 Å². The first-order chi connectivity index (χ1) is 18.5. The highest BCUT2D eigenvalue weighted by molar-refractivity contribution is 5.96. The van der Waals surface area contributed by atoms with E-state index in [2.05, 4.69) is 0 Å². The number of ether oxygens (including phenoxy) is 3. The summed E-state index contributed by atoms with van der Waals surface area (Å²) in [7, 11) is 3.35. The minimum atomic E-state index is -5.16. The normalized spacial score (nSPS) is 17.1. The number of aliphatic carboxylic acids is 1. The molecule has 1 heterocycles. The zero-order valence-corrected chi connectivity index (χ0v) is 21.0. The third kappa shape index (κ3) is 5.94. The Bertz CT molecular complexity index is 1280. The molecule has 2 aromatic carbocycles. The smallest absolute Gasteiger partial charge is 0.416 e. The molecule has 0 saturated carbocycles. The van der Waals surface area contributed by atoms with Crippen LogP contribution in [-0.4, -0.2) is 60.6 Å². The molecular formula is C24H22F6N2O8. The number of methoxy groups -OCH3 is 3. The summed E-state index contributed by atoms with van der Waals surface area (Å²) >= 11 is 0. The average Bonchev–Trinajstić information content (AvgIpc) is 2.88. The largest absolute Gasteiger partial charge is 0.493 e. The van der Waals surface area contributed by atoms with Gasteiger partial charge >= 0.3 is 30.5 Å². The van der Waals surface area contributed by atoms with Crippen LogP contribution in [0.15, 0.2) is 30.3 Å². The molecule has 0 spiro atoms. The predicted octanol–water partition coefficient (Wildman–Crippen LogP) is 5.39. The molecule has 2 aromatic rings. The topological polar surface area (TPSA) is 126 Å². The molecule has 3 rings (SSSR count). The van der Waals surface area contributed by atoms with Gasteiger partial charge in [-0.1, -0.05) is 0 Å². The number of carbonyl (C=O) groups excluding carboxylic acids is 1. The van der Waals surface area contributed by atoms with Crippen LogP contribution < -0.4 is 14.4 Å². The maximum atomic E-state index is 13.4. The van der Waals surface area contributed by atoms with Crippen LogP contribution in [0, 0.1) is 0 Å². The SMILES string of the molecule is COC(=O)N(Cc1cc(C(F)(F)F)cc(C(F)(F)F)c1)[C@H]1C[C@@H](C(=O)O)N(C(=O)O)c2cc(OC)c(OC)cc21. The van der Waals surface area contributed by atoms with Crippen molar-refractivity contribution in [1.29, 1.82) is 0 Å². The zero-order valence-electron chi connectivity index (χ0n) is 21.0. The van der Waals surface area contributed by atoms with Crippen molar-refractivity contribution in [2.24, 2.45) is 0 Å². The van der Waals surface area contributed by atoms with Crippen LogP contribution in [0.2, 0.25) is 0 Å². The van der Waals surface area contributed by atoms with Crippen LogP contribution >= 0.6 is 0 Å². The van der Waals surface area contributed by atoms with Crippen molar-refractivity contribution in [3.8, 4) is 11.5 Å². The number of anilines is 1. The molecule has 40 heavy (non-hydrogen) atoms. The van der Waals surface area contributed by atoms with E-state index in [4.69, 9.17) is 14.2 Å². The van der Waals surface area contributed by atoms with Gasteiger partial charge in [-0.2, -0.15) is 26.3 Å². The number of hydrogen-bond donors (Lipinski definition) is 2. The highest BCUT2D eigenvalue weighted by Gasteiger charge is 2.45. The van der Waals surface area contributed by atoms with Crippen molar-refractivity contribution in [2.75, 3.05) is 26.2 Å². The van der Waals surface area contributed by atoms with Gasteiger partial charge in [0.1, 0.15) is 6.04 Å². The third-order valence-corrected chi connectivity index (χ3v) is 6.19. The lowest BCUT2D eigenvalue weighted by Gasteiger charge is -2.41. The number of benzene rings is 2. The second-order valence-corrected chi connectivity index (χ2v) is 8.54. The molecule has 0 saturated heterocycles. The molecule has 16 heteroatoms. The van der Waals surface area contributed by atoms with Crippen LogP contribution in [0.4, 0.5) is 41.6 Å². The number of alkyl halides is 6. The van der Waals surface area contributed by atoms with Crippen molar-refractivity contribution in [3.05, 3.63) is 52.6 Å². The van der Waals surface area contributed by atoms with Crippen LogP contribution in [0.25, 0.3) is 0 Å². The maximum absolute atomic E-state index is 13.4. The molecule has 0 radical (unpaired) electrons. The lowest BCUT2D eigenvalue weighted by molar-refractivity contribution is -0.143. The van der Waals surface area contributed by atoms with Gasteiger partial charge in [-0.15, -0.1) is 0 Å². The Morgan fingerprint density at radius 2 is 1.43 bits per heavy atom. The molecule has 2 atom stereocenters. The molecule has 0 aliphatic carbocycles. The fourth-order valence-electron chi connectivity index (χ4n) is 4.44. The van der Waals surface area contributed by atoms with Crippen LogP contribution in [-0.2, 0) is 28.4 Å². The highest BCUT2D eigenvalue weighted by atomic mass is 19.4. The number of nitrogens with zero attached hydrogens (tertiary/aromatic N) is 2. The van der Waals surface area contributed by atoms with Gasteiger partial charge in [0.15, 0.2) is 11.5 Å². The number of carbonyl (C=O) groups is 3. The Hall–Kier alpha value is -4.37. The van der Waals surface area contributed by atoms with Crippen molar-refractivity contribution in [2.45, 2.75) is 37.4 Å². The molecule has 2 N–H and O–H groups in total. The molecule has 2 amide bonds. The van der Waals surface area contributed by atoms with Gasteiger partial charge in [-0.05, 0) is 29.8 Å². The van der Waals surface area contributed by atoms with Gasteiger partial charge in [0.2, 0.25) is 0 Å². The van der Waals surface area contributed by atoms with E-state index in [-0.39, 0.29) is 28.8 Å². The Balaban J connectivity index is 2.26. The van der Waals surface area contributed by atoms with E-state index in [9.17, 15) is 50.9 Å². The molecule has 10 nitrogen and oxygen atoms in total. The van der Waals surface area contributed by atoms with Gasteiger partial charge in [0, 0.05) is 24.6 Å². The second kappa shape index (κ2) is 11.0. The third-order valence-electron chi connectivity index (χ3n) is 6.19. The minimum absolute atomic E-state index is 0.0189. The molecule has 218 valence electrons. The van der Waals surface area contributed by atoms with E-state index in [1.807, 2.05) is 0 Å². The summed E-state index contributed by atoms with van der Waals surface area (Å²) in [5.74, 6) is -1.63. The number of carboxylic acids is 1. The lowest BCUT2D eigenvalue weighted by Crippen LogP contribution is -2.51. The average molecular weight is 580 g/mol. The standard InChI is InChI=1S/C24H22F6N2O8/c1-38-18-7-14-15(8-17(20(33)34)32(21(35)36)16(14)9-19(18)39-2)31(22(37)40-3)10-11-4-12(23(25,26)27)6-13(5-11)24(28,29)30/h4-7,9,15,17H,8,10H2,1-3H3,(H,33,34)(H,35,36)/t15-,17-/m0/s1. The quantitative estimate of drug-likeness (QED) is 0.436. The summed E-state index contributed by atoms with van der Waals surface area (Å²) in [4.78, 5) is 38.3. The van der Waals surface area contributed by atoms with Crippen LogP contribution in [0.1, 0.15) is 34.7 Å². The molecule has 1 aliphatic rings. The summed E-state index contributed by atoms with van der Waals surface area (Å²) in [6, 6.07) is -0.0919. The van der Waals surface area contributed by atoms with E-state index in [1.54, 1.807) is 0 Å². The number of carboxylic acid groups (broad SMARTS) is 2. The van der Waals surface area contributed by atoms with Crippen molar-refractivity contribution in [3.63, 3.8) is 0 Å². The second-order valence-electron chi connectivity index (χ2n) is 8.54. The fraction of sp³-hybridized carbons (Fsp3) is 0.375. The van der Waals surface area contributed by atoms with Gasteiger partial charge < -0.3 is 24.4 Å². The number of halogens is 6. The van der Waals surface area contributed by atoms with Crippen molar-refractivity contribution >= 4 is 23.8 Å². The number of hydrogen-bond acceptors (Lipinski definition) is 6. The number of amides is 2. The van der Waals surface area contributed by atoms with E-state index in [0.29, 0.717) is 17.0 Å². The predicted molar refractivity (Wildman–Crippen MR) is 123 cm³/mol. The first-order valence-electron chi connectivity index (χ1n) is 11.2. The minimum Gasteiger partial charge on any atom is -0.493 e. The zero-order chi connectivity index (χ0) is 30.2. The maximum Gasteiger partial charge on any atom is 0.416 e. The Labute approximate surface area is 222 Å². The Morgan fingerprint density at radius 1 is 0.900 bits per heavy atom. The molecule has 1 aliphatic heterocycles. The summed E-state index contributed by atoms with van der Waals surface area (Å²) in [6.07, 6.45) is -13.9. The van der Waals surface area contributed by atoms with Gasteiger partial charge in [-0.25, -0.2) is 14.4 Å². The van der Waals surface area contributed by atoms with E-state index in [1.165, 1.54) is 20.3 Å². The first kappa shape index (κ1) is 30.2. The molecule has 0 bridgehead atoms. The summed E-state index contributed by atoms with van der Waals surface area (Å²) in [6.45, 7) is -0.891. The lowest BCUT2D eigenvalue weighted by atomic mass is 9.89. The Kier molecular flexibility index (Phi) is 8.31. The van der Waals surface area contributed by atoms with Crippen LogP contribution in [0.5, 0.6) is 11.5 Å². The first-order valence-corrected chi connectivity index (χ1v) is 11.2.